The molecular formula is C11H10Cl2N4O3S. The van der Waals surface area contributed by atoms with Crippen molar-refractivity contribution < 1.29 is 14.7 Å². The summed E-state index contributed by atoms with van der Waals surface area (Å²) in [5.74, 6) is -0.909. The summed E-state index contributed by atoms with van der Waals surface area (Å²) in [4.78, 5) is 22.1. The van der Waals surface area contributed by atoms with Crippen LogP contribution in [0.25, 0.3) is 11.0 Å². The van der Waals surface area contributed by atoms with Gasteiger partial charge in [0.05, 0.1) is 27.5 Å². The van der Waals surface area contributed by atoms with E-state index in [0.717, 1.165) is 11.7 Å². The Morgan fingerprint density at radius 3 is 2.67 bits per heavy atom. The van der Waals surface area contributed by atoms with E-state index in [9.17, 15) is 9.59 Å². The minimum absolute atomic E-state index is 0.0117. The van der Waals surface area contributed by atoms with E-state index in [1.165, 1.54) is 6.07 Å². The molecule has 0 aliphatic carbocycles. The van der Waals surface area contributed by atoms with Crippen molar-refractivity contribution in [2.24, 2.45) is 0 Å². The van der Waals surface area contributed by atoms with E-state index in [2.05, 4.69) is 19.4 Å². The maximum absolute atomic E-state index is 11.8. The van der Waals surface area contributed by atoms with Crippen LogP contribution in [-0.4, -0.2) is 32.4 Å². The molecular weight excluding hydrogens is 339 g/mol. The minimum Gasteiger partial charge on any atom is -0.481 e. The molecule has 0 radical (unpaired) electrons. The molecule has 21 heavy (non-hydrogen) atoms. The Balaban J connectivity index is 2.04. The van der Waals surface area contributed by atoms with Gasteiger partial charge in [0.25, 0.3) is 0 Å². The number of benzene rings is 1. The summed E-state index contributed by atoms with van der Waals surface area (Å²) in [6.07, 6.45) is 0.326. The molecule has 0 aliphatic rings. The third-order valence-electron chi connectivity index (χ3n) is 2.54. The molecule has 1 aromatic carbocycles. The predicted octanol–water partition coefficient (Wildman–Crippen LogP) is 2.98. The van der Waals surface area contributed by atoms with Crippen molar-refractivity contribution in [2.45, 2.75) is 12.8 Å². The Morgan fingerprint density at radius 2 is 1.95 bits per heavy atom. The number of carbonyl (C=O) groups is 2. The zero-order chi connectivity index (χ0) is 15.4. The number of carboxylic acids is 1. The second-order valence-corrected chi connectivity index (χ2v) is 5.40. The van der Waals surface area contributed by atoms with Crippen molar-refractivity contribution >= 4 is 63.7 Å². The van der Waals surface area contributed by atoms with Crippen LogP contribution in [0.5, 0.6) is 0 Å². The van der Waals surface area contributed by atoms with Gasteiger partial charge in [-0.2, -0.15) is 8.75 Å². The van der Waals surface area contributed by atoms with Gasteiger partial charge in [-0.1, -0.05) is 23.2 Å². The van der Waals surface area contributed by atoms with Crippen LogP contribution in [0.4, 0.5) is 10.5 Å². The van der Waals surface area contributed by atoms with Gasteiger partial charge < -0.3 is 15.7 Å². The molecule has 112 valence electrons. The fourth-order valence-electron chi connectivity index (χ4n) is 1.59. The maximum atomic E-state index is 11.8. The van der Waals surface area contributed by atoms with Gasteiger partial charge in [-0.15, -0.1) is 0 Å². The van der Waals surface area contributed by atoms with E-state index >= 15 is 0 Å². The summed E-state index contributed by atoms with van der Waals surface area (Å²) in [5.41, 5.74) is 1.20. The van der Waals surface area contributed by atoms with Crippen molar-refractivity contribution in [1.82, 2.24) is 14.1 Å². The number of hydrogen-bond donors (Lipinski definition) is 3. The highest BCUT2D eigenvalue weighted by atomic mass is 35.5. The lowest BCUT2D eigenvalue weighted by Gasteiger charge is -2.09. The number of nitrogens with one attached hydrogen (secondary N) is 2. The van der Waals surface area contributed by atoms with Crippen molar-refractivity contribution in [3.8, 4) is 0 Å². The van der Waals surface area contributed by atoms with Gasteiger partial charge in [-0.25, -0.2) is 4.79 Å². The number of rotatable bonds is 5. The third-order valence-corrected chi connectivity index (χ3v) is 3.65. The Hall–Kier alpha value is -1.64. The van der Waals surface area contributed by atoms with Crippen molar-refractivity contribution in [1.29, 1.82) is 0 Å². The number of fused-ring (bicyclic) bond motifs is 1. The van der Waals surface area contributed by atoms with Gasteiger partial charge >= 0.3 is 12.0 Å². The highest BCUT2D eigenvalue weighted by molar-refractivity contribution is 7.00. The first-order valence-electron chi connectivity index (χ1n) is 5.86. The van der Waals surface area contributed by atoms with Gasteiger partial charge in [-0.3, -0.25) is 4.79 Å². The van der Waals surface area contributed by atoms with E-state index in [1.807, 2.05) is 0 Å². The maximum Gasteiger partial charge on any atom is 0.319 e. The van der Waals surface area contributed by atoms with Crippen molar-refractivity contribution in [3.05, 3.63) is 16.1 Å². The first-order chi connectivity index (χ1) is 9.99. The molecule has 0 bridgehead atoms. The molecule has 3 N–H and O–H groups in total. The van der Waals surface area contributed by atoms with Crippen LogP contribution in [0.1, 0.15) is 12.8 Å². The van der Waals surface area contributed by atoms with Gasteiger partial charge in [-0.05, 0) is 12.5 Å². The number of aliphatic carboxylic acids is 1. The lowest BCUT2D eigenvalue weighted by molar-refractivity contribution is -0.137. The van der Waals surface area contributed by atoms with E-state index < -0.39 is 12.0 Å². The van der Waals surface area contributed by atoms with Crippen molar-refractivity contribution in [2.75, 3.05) is 11.9 Å². The summed E-state index contributed by atoms with van der Waals surface area (Å²) >= 11 is 13.0. The molecule has 2 aromatic rings. The lowest BCUT2D eigenvalue weighted by Crippen LogP contribution is -2.30. The predicted molar refractivity (Wildman–Crippen MR) is 81.3 cm³/mol. The van der Waals surface area contributed by atoms with Gasteiger partial charge in [0, 0.05) is 13.0 Å². The monoisotopic (exact) mass is 348 g/mol. The average molecular weight is 349 g/mol. The fraction of sp³-hybridized carbons (Fsp3) is 0.273. The molecule has 2 amide bonds. The highest BCUT2D eigenvalue weighted by Crippen LogP contribution is 2.35. The average Bonchev–Trinajstić information content (AvgIpc) is 2.89. The summed E-state index contributed by atoms with van der Waals surface area (Å²) in [6, 6.07) is 0.978. The summed E-state index contributed by atoms with van der Waals surface area (Å²) < 4.78 is 8.08. The SMILES string of the molecule is O=C(O)CCCNC(=O)Nc1c(Cl)cc(Cl)c2nsnc12. The van der Waals surface area contributed by atoms with E-state index in [0.29, 0.717) is 28.2 Å². The van der Waals surface area contributed by atoms with E-state index in [1.54, 1.807) is 0 Å². The normalized spacial score (nSPS) is 10.6. The molecule has 0 aliphatic heterocycles. The standard InChI is InChI=1S/C11H10Cl2N4O3S/c12-5-4-6(13)9-10(17-21-16-9)8(5)15-11(20)14-3-1-2-7(18)19/h4H,1-3H2,(H,18,19)(H2,14,15,20). The topological polar surface area (TPSA) is 104 Å². The summed E-state index contributed by atoms with van der Waals surface area (Å²) in [6.45, 7) is 0.238. The molecule has 1 heterocycles. The van der Waals surface area contributed by atoms with Crippen LogP contribution in [0, 0.1) is 0 Å². The number of urea groups is 1. The van der Waals surface area contributed by atoms with E-state index in [-0.39, 0.29) is 18.0 Å². The highest BCUT2D eigenvalue weighted by Gasteiger charge is 2.15. The van der Waals surface area contributed by atoms with Crippen molar-refractivity contribution in [3.63, 3.8) is 0 Å². The minimum atomic E-state index is -0.909. The van der Waals surface area contributed by atoms with Gasteiger partial charge in [0.1, 0.15) is 11.0 Å². The number of hydrogen-bond acceptors (Lipinski definition) is 5. The second kappa shape index (κ2) is 6.88. The lowest BCUT2D eigenvalue weighted by atomic mass is 10.2. The molecule has 2 rings (SSSR count). The van der Waals surface area contributed by atoms with Gasteiger partial charge in [0.2, 0.25) is 0 Å². The Kier molecular flexibility index (Phi) is 5.16. The molecule has 0 saturated heterocycles. The summed E-state index contributed by atoms with van der Waals surface area (Å²) in [7, 11) is 0. The largest absolute Gasteiger partial charge is 0.481 e. The number of carbonyl (C=O) groups excluding carboxylic acids is 1. The second-order valence-electron chi connectivity index (χ2n) is 4.05. The number of nitrogens with zero attached hydrogens (tertiary/aromatic N) is 2. The van der Waals surface area contributed by atoms with Gasteiger partial charge in [0.15, 0.2) is 0 Å². The molecule has 0 spiro atoms. The first-order valence-corrected chi connectivity index (χ1v) is 7.34. The Bertz CT molecular complexity index is 691. The summed E-state index contributed by atoms with van der Waals surface area (Å²) in [5, 5.41) is 14.2. The molecule has 10 heteroatoms. The molecule has 0 unspecified atom stereocenters. The Labute approximate surface area is 133 Å². The van der Waals surface area contributed by atoms with Crippen LogP contribution in [-0.2, 0) is 4.79 Å². The van der Waals surface area contributed by atoms with Crippen LogP contribution in [0.15, 0.2) is 6.07 Å². The number of halogens is 2. The van der Waals surface area contributed by atoms with Crippen LogP contribution in [0.3, 0.4) is 0 Å². The van der Waals surface area contributed by atoms with E-state index in [4.69, 9.17) is 28.3 Å². The zero-order valence-corrected chi connectivity index (χ0v) is 12.8. The molecule has 0 fully saturated rings. The Morgan fingerprint density at radius 1 is 1.24 bits per heavy atom. The molecule has 7 nitrogen and oxygen atoms in total. The molecule has 0 saturated carbocycles. The molecule has 0 atom stereocenters. The quantitative estimate of drug-likeness (QED) is 0.720. The first kappa shape index (κ1) is 15.7. The fourth-order valence-corrected chi connectivity index (χ4v) is 2.75. The molecule has 1 aromatic heterocycles. The number of aromatic nitrogens is 2. The number of amides is 2. The number of anilines is 1. The van der Waals surface area contributed by atoms with Crippen LogP contribution in [0.2, 0.25) is 10.0 Å². The smallest absolute Gasteiger partial charge is 0.319 e. The van der Waals surface area contributed by atoms with Crippen LogP contribution < -0.4 is 10.6 Å². The number of carboxylic acid groups (broad SMARTS) is 1. The zero-order valence-electron chi connectivity index (χ0n) is 10.5. The van der Waals surface area contributed by atoms with Crippen LogP contribution >= 0.6 is 34.9 Å². The third kappa shape index (κ3) is 3.93.